The maximum atomic E-state index is 13.1. The Hall–Kier alpha value is -3.24. The summed E-state index contributed by atoms with van der Waals surface area (Å²) in [5.41, 5.74) is 1.66. The van der Waals surface area contributed by atoms with Crippen molar-refractivity contribution in [2.24, 2.45) is 0 Å². The number of amides is 2. The van der Waals surface area contributed by atoms with Crippen LogP contribution in [0.2, 0.25) is 0 Å². The van der Waals surface area contributed by atoms with Gasteiger partial charge in [0.25, 0.3) is 0 Å². The molecule has 2 heterocycles. The summed E-state index contributed by atoms with van der Waals surface area (Å²) in [4.78, 5) is 29.6. The number of aromatic nitrogens is 1. The molecule has 2 amide bonds. The Labute approximate surface area is 191 Å². The number of carbonyl (C=O) groups is 2. The van der Waals surface area contributed by atoms with Gasteiger partial charge in [-0.1, -0.05) is 6.07 Å². The first kappa shape index (κ1) is 22.9. The highest BCUT2D eigenvalue weighted by Gasteiger charge is 2.30. The number of rotatable bonds is 7. The van der Waals surface area contributed by atoms with E-state index in [1.165, 1.54) is 16.4 Å². The number of hydrogen-bond donors (Lipinski definition) is 2. The zero-order valence-corrected chi connectivity index (χ0v) is 18.8. The number of sulfonamides is 1. The van der Waals surface area contributed by atoms with Gasteiger partial charge in [0, 0.05) is 56.1 Å². The molecule has 1 saturated heterocycles. The zero-order chi connectivity index (χ0) is 23.4. The van der Waals surface area contributed by atoms with Crippen LogP contribution >= 0.6 is 0 Å². The van der Waals surface area contributed by atoms with E-state index in [1.54, 1.807) is 4.90 Å². The lowest BCUT2D eigenvalue weighted by Crippen LogP contribution is -2.50. The van der Waals surface area contributed by atoms with Gasteiger partial charge in [-0.2, -0.15) is 4.31 Å². The van der Waals surface area contributed by atoms with Gasteiger partial charge in [0.2, 0.25) is 21.8 Å². The van der Waals surface area contributed by atoms with E-state index in [-0.39, 0.29) is 55.7 Å². The van der Waals surface area contributed by atoms with E-state index in [0.29, 0.717) is 6.42 Å². The normalized spacial score (nSPS) is 15.0. The van der Waals surface area contributed by atoms with Crippen LogP contribution < -0.4 is 5.32 Å². The van der Waals surface area contributed by atoms with Crippen LogP contribution in [0.15, 0.2) is 59.6 Å². The monoisotopic (exact) mass is 472 g/mol. The van der Waals surface area contributed by atoms with Crippen LogP contribution in [0.25, 0.3) is 10.9 Å². The third-order valence-corrected chi connectivity index (χ3v) is 7.62. The van der Waals surface area contributed by atoms with Gasteiger partial charge in [0.1, 0.15) is 5.82 Å². The van der Waals surface area contributed by atoms with Gasteiger partial charge in [-0.05, 0) is 48.9 Å². The van der Waals surface area contributed by atoms with E-state index in [2.05, 4.69) is 10.3 Å². The molecule has 174 valence electrons. The minimum atomic E-state index is -3.72. The maximum absolute atomic E-state index is 13.1. The second kappa shape index (κ2) is 9.72. The number of hydrogen-bond acceptors (Lipinski definition) is 4. The van der Waals surface area contributed by atoms with Gasteiger partial charge >= 0.3 is 0 Å². The third-order valence-electron chi connectivity index (χ3n) is 5.71. The zero-order valence-electron chi connectivity index (χ0n) is 18.0. The smallest absolute Gasteiger partial charge is 0.243 e. The van der Waals surface area contributed by atoms with Gasteiger partial charge in [0.15, 0.2) is 0 Å². The van der Waals surface area contributed by atoms with Gasteiger partial charge in [-0.25, -0.2) is 12.8 Å². The molecular formula is C23H25FN4O4S. The topological polar surface area (TPSA) is 103 Å². The predicted octanol–water partition coefficient (Wildman–Crippen LogP) is 2.95. The SMILES string of the molecule is O=C(CCCC(=O)N1CCN(S(=O)(=O)c2ccc(F)cc2)CC1)Nc1cccc2[nH]ccc12. The Morgan fingerprint density at radius 3 is 2.42 bits per heavy atom. The van der Waals surface area contributed by atoms with Crippen molar-refractivity contribution in [1.82, 2.24) is 14.2 Å². The van der Waals surface area contributed by atoms with E-state index in [1.807, 2.05) is 30.5 Å². The van der Waals surface area contributed by atoms with E-state index in [9.17, 15) is 22.4 Å². The van der Waals surface area contributed by atoms with E-state index in [4.69, 9.17) is 0 Å². The number of fused-ring (bicyclic) bond motifs is 1. The van der Waals surface area contributed by atoms with Crippen LogP contribution in [-0.4, -0.2) is 60.6 Å². The lowest BCUT2D eigenvalue weighted by molar-refractivity contribution is -0.132. The molecule has 1 aliphatic heterocycles. The second-order valence-corrected chi connectivity index (χ2v) is 9.82. The number of aromatic amines is 1. The number of benzene rings is 2. The first-order valence-corrected chi connectivity index (χ1v) is 12.2. The summed E-state index contributed by atoms with van der Waals surface area (Å²) >= 11 is 0. The Morgan fingerprint density at radius 1 is 0.970 bits per heavy atom. The average molecular weight is 473 g/mol. The quantitative estimate of drug-likeness (QED) is 0.552. The molecule has 2 N–H and O–H groups in total. The highest BCUT2D eigenvalue weighted by atomic mass is 32.2. The van der Waals surface area contributed by atoms with Crippen LogP contribution in [0.1, 0.15) is 19.3 Å². The molecular weight excluding hydrogens is 447 g/mol. The molecule has 0 radical (unpaired) electrons. The Kier molecular flexibility index (Phi) is 6.75. The average Bonchev–Trinajstić information content (AvgIpc) is 3.29. The molecule has 0 atom stereocenters. The minimum absolute atomic E-state index is 0.0324. The maximum Gasteiger partial charge on any atom is 0.243 e. The van der Waals surface area contributed by atoms with Crippen molar-refractivity contribution < 1.29 is 22.4 Å². The van der Waals surface area contributed by atoms with Crippen molar-refractivity contribution in [3.8, 4) is 0 Å². The van der Waals surface area contributed by atoms with Gasteiger partial charge in [-0.15, -0.1) is 0 Å². The second-order valence-electron chi connectivity index (χ2n) is 7.89. The van der Waals surface area contributed by atoms with E-state index < -0.39 is 15.8 Å². The van der Waals surface area contributed by atoms with Crippen molar-refractivity contribution in [3.63, 3.8) is 0 Å². The molecule has 1 fully saturated rings. The molecule has 8 nitrogen and oxygen atoms in total. The number of nitrogens with zero attached hydrogens (tertiary/aromatic N) is 2. The summed E-state index contributed by atoms with van der Waals surface area (Å²) in [5, 5.41) is 3.81. The van der Waals surface area contributed by atoms with Gasteiger partial charge in [0.05, 0.1) is 10.6 Å². The number of nitrogens with one attached hydrogen (secondary N) is 2. The lowest BCUT2D eigenvalue weighted by Gasteiger charge is -2.34. The molecule has 10 heteroatoms. The Bertz CT molecular complexity index is 1250. The van der Waals surface area contributed by atoms with Crippen molar-refractivity contribution >= 4 is 38.4 Å². The van der Waals surface area contributed by atoms with Crippen molar-refractivity contribution in [1.29, 1.82) is 0 Å². The van der Waals surface area contributed by atoms with Crippen LogP contribution in [0.4, 0.5) is 10.1 Å². The highest BCUT2D eigenvalue weighted by Crippen LogP contribution is 2.22. The molecule has 0 bridgehead atoms. The van der Waals surface area contributed by atoms with Crippen molar-refractivity contribution in [3.05, 3.63) is 60.5 Å². The number of H-pyrrole nitrogens is 1. The summed E-state index contributed by atoms with van der Waals surface area (Å²) in [6, 6.07) is 12.2. The fourth-order valence-corrected chi connectivity index (χ4v) is 5.32. The van der Waals surface area contributed by atoms with Crippen LogP contribution in [0, 0.1) is 5.82 Å². The molecule has 0 spiro atoms. The Morgan fingerprint density at radius 2 is 1.70 bits per heavy atom. The summed E-state index contributed by atoms with van der Waals surface area (Å²) in [5.74, 6) is -0.763. The standard InChI is InChI=1S/C23H25FN4O4S/c24-17-7-9-18(10-8-17)33(31,32)28-15-13-27(14-16-28)23(30)6-2-5-22(29)26-21-4-1-3-20-19(21)11-12-25-20/h1,3-4,7-12,25H,2,5-6,13-16H2,(H,26,29). The van der Waals surface area contributed by atoms with Gasteiger partial charge in [-0.3, -0.25) is 9.59 Å². The molecule has 2 aromatic carbocycles. The molecule has 33 heavy (non-hydrogen) atoms. The largest absolute Gasteiger partial charge is 0.361 e. The highest BCUT2D eigenvalue weighted by molar-refractivity contribution is 7.89. The summed E-state index contributed by atoms with van der Waals surface area (Å²) in [7, 11) is -3.72. The Balaban J connectivity index is 1.23. The van der Waals surface area contributed by atoms with E-state index >= 15 is 0 Å². The molecule has 1 aromatic heterocycles. The fraction of sp³-hybridized carbons (Fsp3) is 0.304. The number of halogens is 1. The molecule has 0 aliphatic carbocycles. The predicted molar refractivity (Wildman–Crippen MR) is 123 cm³/mol. The van der Waals surface area contributed by atoms with Crippen LogP contribution in [0.5, 0.6) is 0 Å². The summed E-state index contributed by atoms with van der Waals surface area (Å²) < 4.78 is 39.8. The molecule has 1 aliphatic rings. The number of carbonyl (C=O) groups excluding carboxylic acids is 2. The molecule has 0 unspecified atom stereocenters. The van der Waals surface area contributed by atoms with Crippen molar-refractivity contribution in [2.45, 2.75) is 24.2 Å². The number of anilines is 1. The number of piperazine rings is 1. The van der Waals surface area contributed by atoms with Crippen LogP contribution in [-0.2, 0) is 19.6 Å². The third kappa shape index (κ3) is 5.23. The summed E-state index contributed by atoms with van der Waals surface area (Å²) in [6.07, 6.45) is 2.64. The minimum Gasteiger partial charge on any atom is -0.361 e. The lowest BCUT2D eigenvalue weighted by atomic mass is 10.2. The first-order chi connectivity index (χ1) is 15.8. The molecule has 0 saturated carbocycles. The summed E-state index contributed by atoms with van der Waals surface area (Å²) in [6.45, 7) is 0.904. The van der Waals surface area contributed by atoms with Crippen molar-refractivity contribution in [2.75, 3.05) is 31.5 Å². The van der Waals surface area contributed by atoms with Gasteiger partial charge < -0.3 is 15.2 Å². The fourth-order valence-electron chi connectivity index (χ4n) is 3.90. The van der Waals surface area contributed by atoms with Crippen LogP contribution in [0.3, 0.4) is 0 Å². The molecule has 3 aromatic rings. The van der Waals surface area contributed by atoms with E-state index in [0.717, 1.165) is 28.7 Å². The first-order valence-electron chi connectivity index (χ1n) is 10.7. The molecule has 4 rings (SSSR count).